The van der Waals surface area contributed by atoms with Gasteiger partial charge in [0, 0.05) is 30.5 Å². The molecule has 0 atom stereocenters. The van der Waals surface area contributed by atoms with Crippen molar-refractivity contribution in [2.24, 2.45) is 0 Å². The first-order valence-electron chi connectivity index (χ1n) is 8.19. The molecule has 2 rings (SSSR count). The van der Waals surface area contributed by atoms with Gasteiger partial charge in [0.2, 0.25) is 0 Å². The summed E-state index contributed by atoms with van der Waals surface area (Å²) in [6.45, 7) is 2.83. The number of nitrogens with zero attached hydrogens (tertiary/aromatic N) is 2. The monoisotopic (exact) mass is 366 g/mol. The zero-order valence-corrected chi connectivity index (χ0v) is 14.7. The minimum absolute atomic E-state index is 0.0162. The van der Waals surface area contributed by atoms with Crippen LogP contribution in [0.1, 0.15) is 35.3 Å². The van der Waals surface area contributed by atoms with Crippen LogP contribution >= 0.6 is 0 Å². The van der Waals surface area contributed by atoms with Gasteiger partial charge in [-0.1, -0.05) is 18.2 Å². The van der Waals surface area contributed by atoms with E-state index in [0.717, 1.165) is 5.56 Å². The second kappa shape index (κ2) is 8.80. The SMILES string of the molecule is CC(C)N(Cc1cccnc1)C(=O)c1ccc(COCC(F)(F)F)cc1. The van der Waals surface area contributed by atoms with Crippen LogP contribution in [0.4, 0.5) is 13.2 Å². The lowest BCUT2D eigenvalue weighted by atomic mass is 10.1. The van der Waals surface area contributed by atoms with Crippen LogP contribution in [-0.4, -0.2) is 34.6 Å². The molecule has 0 saturated carbocycles. The van der Waals surface area contributed by atoms with Gasteiger partial charge in [0.05, 0.1) is 6.61 Å². The van der Waals surface area contributed by atoms with Crippen LogP contribution in [0.15, 0.2) is 48.8 Å². The molecule has 0 N–H and O–H groups in total. The summed E-state index contributed by atoms with van der Waals surface area (Å²) >= 11 is 0. The summed E-state index contributed by atoms with van der Waals surface area (Å²) in [5.41, 5.74) is 1.98. The summed E-state index contributed by atoms with van der Waals surface area (Å²) in [6.07, 6.45) is -0.964. The molecule has 1 amide bonds. The molecule has 0 radical (unpaired) electrons. The Labute approximate surface area is 150 Å². The predicted octanol–water partition coefficient (Wildman–Crippen LogP) is 4.21. The highest BCUT2D eigenvalue weighted by atomic mass is 19.4. The fourth-order valence-corrected chi connectivity index (χ4v) is 2.37. The van der Waals surface area contributed by atoms with Crippen molar-refractivity contribution in [2.75, 3.05) is 6.61 Å². The average Bonchev–Trinajstić information content (AvgIpc) is 2.59. The molecular formula is C19H21F3N2O2. The molecule has 0 saturated heterocycles. The standard InChI is InChI=1S/C19H21F3N2O2/c1-14(2)24(11-16-4-3-9-23-10-16)18(25)17-7-5-15(6-8-17)12-26-13-19(20,21)22/h3-10,14H,11-13H2,1-2H3. The highest BCUT2D eigenvalue weighted by Gasteiger charge is 2.27. The summed E-state index contributed by atoms with van der Waals surface area (Å²) in [5.74, 6) is -0.147. The predicted molar refractivity (Wildman–Crippen MR) is 91.4 cm³/mol. The van der Waals surface area contributed by atoms with Gasteiger partial charge in [-0.3, -0.25) is 9.78 Å². The fourth-order valence-electron chi connectivity index (χ4n) is 2.37. The molecule has 0 aliphatic rings. The molecule has 1 heterocycles. The topological polar surface area (TPSA) is 42.4 Å². The van der Waals surface area contributed by atoms with Crippen molar-refractivity contribution in [3.63, 3.8) is 0 Å². The molecule has 2 aromatic rings. The van der Waals surface area contributed by atoms with E-state index >= 15 is 0 Å². The molecule has 0 bridgehead atoms. The zero-order valence-electron chi connectivity index (χ0n) is 14.7. The average molecular weight is 366 g/mol. The van der Waals surface area contributed by atoms with Gasteiger partial charge in [-0.25, -0.2) is 0 Å². The first kappa shape index (κ1) is 19.9. The van der Waals surface area contributed by atoms with Crippen LogP contribution in [0.25, 0.3) is 0 Å². The number of rotatable bonds is 7. The molecule has 0 aliphatic heterocycles. The minimum Gasteiger partial charge on any atom is -0.367 e. The summed E-state index contributed by atoms with van der Waals surface area (Å²) in [5, 5.41) is 0. The first-order chi connectivity index (χ1) is 12.3. The van der Waals surface area contributed by atoms with Gasteiger partial charge < -0.3 is 9.64 Å². The van der Waals surface area contributed by atoms with Gasteiger partial charge in [-0.05, 0) is 43.2 Å². The molecule has 26 heavy (non-hydrogen) atoms. The van der Waals surface area contributed by atoms with Crippen LogP contribution in [0.3, 0.4) is 0 Å². The molecule has 0 aliphatic carbocycles. The first-order valence-corrected chi connectivity index (χ1v) is 8.19. The Kier molecular flexibility index (Phi) is 6.74. The molecule has 1 aromatic heterocycles. The normalized spacial score (nSPS) is 11.6. The number of halogens is 3. The van der Waals surface area contributed by atoms with Crippen molar-refractivity contribution < 1.29 is 22.7 Å². The Balaban J connectivity index is 2.02. The minimum atomic E-state index is -4.35. The van der Waals surface area contributed by atoms with Gasteiger partial charge in [-0.2, -0.15) is 13.2 Å². The molecule has 1 aromatic carbocycles. The molecule has 7 heteroatoms. The Hall–Kier alpha value is -2.41. The molecular weight excluding hydrogens is 345 g/mol. The lowest BCUT2D eigenvalue weighted by Crippen LogP contribution is -2.36. The Morgan fingerprint density at radius 2 is 1.85 bits per heavy atom. The van der Waals surface area contributed by atoms with Gasteiger partial charge >= 0.3 is 6.18 Å². The zero-order chi connectivity index (χ0) is 19.2. The van der Waals surface area contributed by atoms with E-state index in [-0.39, 0.29) is 18.6 Å². The van der Waals surface area contributed by atoms with Crippen molar-refractivity contribution in [2.45, 2.75) is 39.2 Å². The van der Waals surface area contributed by atoms with Gasteiger partial charge in [-0.15, -0.1) is 0 Å². The van der Waals surface area contributed by atoms with Crippen LogP contribution in [0.2, 0.25) is 0 Å². The number of benzene rings is 1. The second-order valence-electron chi connectivity index (χ2n) is 6.19. The molecule has 0 spiro atoms. The number of hydrogen-bond donors (Lipinski definition) is 0. The van der Waals surface area contributed by atoms with E-state index in [0.29, 0.717) is 17.7 Å². The van der Waals surface area contributed by atoms with Crippen molar-refractivity contribution in [1.29, 1.82) is 0 Å². The van der Waals surface area contributed by atoms with Crippen LogP contribution in [-0.2, 0) is 17.9 Å². The Morgan fingerprint density at radius 3 is 2.38 bits per heavy atom. The smallest absolute Gasteiger partial charge is 0.367 e. The Bertz CT molecular complexity index is 701. The largest absolute Gasteiger partial charge is 0.411 e. The van der Waals surface area contributed by atoms with E-state index in [1.165, 1.54) is 0 Å². The summed E-state index contributed by atoms with van der Waals surface area (Å²) < 4.78 is 40.9. The highest BCUT2D eigenvalue weighted by molar-refractivity contribution is 5.94. The fraction of sp³-hybridized carbons (Fsp3) is 0.368. The van der Waals surface area contributed by atoms with Crippen molar-refractivity contribution in [3.8, 4) is 0 Å². The highest BCUT2D eigenvalue weighted by Crippen LogP contribution is 2.17. The Morgan fingerprint density at radius 1 is 1.15 bits per heavy atom. The molecule has 0 fully saturated rings. The third-order valence-corrected chi connectivity index (χ3v) is 3.70. The van der Waals surface area contributed by atoms with Gasteiger partial charge in [0.25, 0.3) is 5.91 Å². The van der Waals surface area contributed by atoms with Crippen molar-refractivity contribution in [3.05, 3.63) is 65.5 Å². The maximum Gasteiger partial charge on any atom is 0.411 e. The number of aromatic nitrogens is 1. The van der Waals surface area contributed by atoms with E-state index < -0.39 is 12.8 Å². The van der Waals surface area contributed by atoms with Crippen LogP contribution < -0.4 is 0 Å². The van der Waals surface area contributed by atoms with E-state index in [2.05, 4.69) is 9.72 Å². The summed E-state index contributed by atoms with van der Waals surface area (Å²) in [4.78, 5) is 18.5. The number of alkyl halides is 3. The summed E-state index contributed by atoms with van der Waals surface area (Å²) in [6, 6.07) is 10.1. The molecule has 140 valence electrons. The third kappa shape index (κ3) is 6.15. The lowest BCUT2D eigenvalue weighted by molar-refractivity contribution is -0.176. The van der Waals surface area contributed by atoms with E-state index in [9.17, 15) is 18.0 Å². The van der Waals surface area contributed by atoms with Crippen molar-refractivity contribution >= 4 is 5.91 Å². The number of ether oxygens (including phenoxy) is 1. The van der Waals surface area contributed by atoms with E-state index in [1.807, 2.05) is 26.0 Å². The number of carbonyl (C=O) groups excluding carboxylic acids is 1. The van der Waals surface area contributed by atoms with E-state index in [4.69, 9.17) is 0 Å². The summed E-state index contributed by atoms with van der Waals surface area (Å²) in [7, 11) is 0. The van der Waals surface area contributed by atoms with E-state index in [1.54, 1.807) is 41.6 Å². The van der Waals surface area contributed by atoms with Gasteiger partial charge in [0.15, 0.2) is 0 Å². The maximum absolute atomic E-state index is 12.8. The van der Waals surface area contributed by atoms with Crippen molar-refractivity contribution in [1.82, 2.24) is 9.88 Å². The van der Waals surface area contributed by atoms with Gasteiger partial charge in [0.1, 0.15) is 6.61 Å². The van der Waals surface area contributed by atoms with Crippen LogP contribution in [0, 0.1) is 0 Å². The number of amides is 1. The molecule has 4 nitrogen and oxygen atoms in total. The number of hydrogen-bond acceptors (Lipinski definition) is 3. The van der Waals surface area contributed by atoms with Crippen LogP contribution in [0.5, 0.6) is 0 Å². The quantitative estimate of drug-likeness (QED) is 0.737. The lowest BCUT2D eigenvalue weighted by Gasteiger charge is -2.27. The number of pyridine rings is 1. The molecule has 0 unspecified atom stereocenters. The third-order valence-electron chi connectivity index (χ3n) is 3.70. The maximum atomic E-state index is 12.8. The number of carbonyl (C=O) groups is 1. The second-order valence-corrected chi connectivity index (χ2v) is 6.19.